The lowest BCUT2D eigenvalue weighted by Crippen LogP contribution is -2.14. The second-order valence-corrected chi connectivity index (χ2v) is 4.80. The fraction of sp³-hybridized carbons (Fsp3) is 0.0769. The third kappa shape index (κ3) is 3.11. The summed E-state index contributed by atoms with van der Waals surface area (Å²) < 4.78 is 27.9. The van der Waals surface area contributed by atoms with Gasteiger partial charge >= 0.3 is 0 Å². The molecule has 1 heterocycles. The third-order valence-electron chi connectivity index (χ3n) is 2.52. The molecule has 0 saturated heterocycles. The fourth-order valence-electron chi connectivity index (χ4n) is 1.58. The molecule has 0 saturated carbocycles. The van der Waals surface area contributed by atoms with Crippen LogP contribution in [0, 0.1) is 11.6 Å². The van der Waals surface area contributed by atoms with Gasteiger partial charge in [0, 0.05) is 23.3 Å². The highest BCUT2D eigenvalue weighted by Gasteiger charge is 2.14. The van der Waals surface area contributed by atoms with Gasteiger partial charge in [0.05, 0.1) is 0 Å². The Kier molecular flexibility index (Phi) is 4.29. The van der Waals surface area contributed by atoms with Crippen molar-refractivity contribution < 1.29 is 13.6 Å². The molecule has 0 fully saturated rings. The van der Waals surface area contributed by atoms with E-state index in [4.69, 9.17) is 0 Å². The molecule has 4 nitrogen and oxygen atoms in total. The summed E-state index contributed by atoms with van der Waals surface area (Å²) in [6.07, 6.45) is 1.50. The molecular weight excluding hydrogens is 332 g/mol. The van der Waals surface area contributed by atoms with Gasteiger partial charge in [0.2, 0.25) is 0 Å². The van der Waals surface area contributed by atoms with Crippen LogP contribution in [0.15, 0.2) is 34.9 Å². The Labute approximate surface area is 122 Å². The number of amides is 1. The molecule has 20 heavy (non-hydrogen) atoms. The molecule has 0 aliphatic carbocycles. The molecule has 7 heteroatoms. The van der Waals surface area contributed by atoms with Crippen LogP contribution in [0.3, 0.4) is 0 Å². The summed E-state index contributed by atoms with van der Waals surface area (Å²) in [5.41, 5.74) is -0.396. The van der Waals surface area contributed by atoms with E-state index in [1.807, 2.05) is 0 Å². The predicted molar refractivity (Wildman–Crippen MR) is 75.8 cm³/mol. The van der Waals surface area contributed by atoms with Gasteiger partial charge < -0.3 is 10.6 Å². The van der Waals surface area contributed by atoms with Crippen molar-refractivity contribution in [1.82, 2.24) is 4.98 Å². The van der Waals surface area contributed by atoms with Crippen LogP contribution in [-0.2, 0) is 0 Å². The zero-order valence-electron chi connectivity index (χ0n) is 10.4. The van der Waals surface area contributed by atoms with Crippen molar-refractivity contribution in [3.05, 3.63) is 52.1 Å². The van der Waals surface area contributed by atoms with Gasteiger partial charge in [0.15, 0.2) is 0 Å². The lowest BCUT2D eigenvalue weighted by molar-refractivity contribution is 0.102. The van der Waals surface area contributed by atoms with Crippen LogP contribution in [-0.4, -0.2) is 17.9 Å². The second kappa shape index (κ2) is 5.96. The quantitative estimate of drug-likeness (QED) is 0.899. The molecule has 0 aliphatic heterocycles. The highest BCUT2D eigenvalue weighted by molar-refractivity contribution is 9.10. The molecule has 0 radical (unpaired) electrons. The van der Waals surface area contributed by atoms with Gasteiger partial charge in [0.1, 0.15) is 23.1 Å². The van der Waals surface area contributed by atoms with E-state index in [0.29, 0.717) is 0 Å². The SMILES string of the molecule is CNc1c(F)cc(C(=O)Nc2ccc(Br)cn2)cc1F. The maximum absolute atomic E-state index is 13.6. The molecule has 0 unspecified atom stereocenters. The van der Waals surface area contributed by atoms with Gasteiger partial charge in [-0.25, -0.2) is 13.8 Å². The molecule has 2 N–H and O–H groups in total. The van der Waals surface area contributed by atoms with Gasteiger partial charge in [-0.3, -0.25) is 4.79 Å². The van der Waals surface area contributed by atoms with Crippen LogP contribution < -0.4 is 10.6 Å². The summed E-state index contributed by atoms with van der Waals surface area (Å²) in [6.45, 7) is 0. The Bertz CT molecular complexity index is 624. The Morgan fingerprint density at radius 3 is 2.40 bits per heavy atom. The number of carbonyl (C=O) groups excluding carboxylic acids is 1. The highest BCUT2D eigenvalue weighted by atomic mass is 79.9. The third-order valence-corrected chi connectivity index (χ3v) is 2.99. The zero-order chi connectivity index (χ0) is 14.7. The van der Waals surface area contributed by atoms with E-state index in [9.17, 15) is 13.6 Å². The van der Waals surface area contributed by atoms with Crippen molar-refractivity contribution in [2.24, 2.45) is 0 Å². The number of halogens is 3. The van der Waals surface area contributed by atoms with Crippen molar-refractivity contribution in [2.75, 3.05) is 17.7 Å². The Morgan fingerprint density at radius 2 is 1.90 bits per heavy atom. The molecular formula is C13H10BrF2N3O. The zero-order valence-corrected chi connectivity index (χ0v) is 12.0. The summed E-state index contributed by atoms with van der Waals surface area (Å²) in [7, 11) is 1.40. The summed E-state index contributed by atoms with van der Waals surface area (Å²) in [4.78, 5) is 15.8. The smallest absolute Gasteiger partial charge is 0.257 e. The van der Waals surface area contributed by atoms with Crippen LogP contribution in [0.2, 0.25) is 0 Å². The van der Waals surface area contributed by atoms with E-state index in [1.165, 1.54) is 13.2 Å². The Hall–Kier alpha value is -2.02. The fourth-order valence-corrected chi connectivity index (χ4v) is 1.82. The van der Waals surface area contributed by atoms with Crippen LogP contribution in [0.4, 0.5) is 20.3 Å². The van der Waals surface area contributed by atoms with Gasteiger partial charge in [-0.2, -0.15) is 0 Å². The minimum absolute atomic E-state index is 0.122. The molecule has 0 atom stereocenters. The van der Waals surface area contributed by atoms with Crippen LogP contribution in [0.5, 0.6) is 0 Å². The molecule has 0 bridgehead atoms. The number of anilines is 2. The van der Waals surface area contributed by atoms with Crippen molar-refractivity contribution in [1.29, 1.82) is 0 Å². The van der Waals surface area contributed by atoms with Gasteiger partial charge in [-0.05, 0) is 40.2 Å². The number of hydrogen-bond acceptors (Lipinski definition) is 3. The summed E-state index contributed by atoms with van der Waals surface area (Å²) in [5.74, 6) is -2.01. The number of benzene rings is 1. The van der Waals surface area contributed by atoms with E-state index in [2.05, 4.69) is 31.5 Å². The first-order chi connectivity index (χ1) is 9.51. The molecule has 0 spiro atoms. The Morgan fingerprint density at radius 1 is 1.25 bits per heavy atom. The van der Waals surface area contributed by atoms with Crippen LogP contribution in [0.1, 0.15) is 10.4 Å². The van der Waals surface area contributed by atoms with E-state index in [1.54, 1.807) is 12.1 Å². The summed E-state index contributed by atoms with van der Waals surface area (Å²) in [6, 6.07) is 5.18. The standard InChI is InChI=1S/C13H10BrF2N3O/c1-17-12-9(15)4-7(5-10(12)16)13(20)19-11-3-2-8(14)6-18-11/h2-6,17H,1H3,(H,18,19,20). The van der Waals surface area contributed by atoms with E-state index >= 15 is 0 Å². The number of carbonyl (C=O) groups is 1. The summed E-state index contributed by atoms with van der Waals surface area (Å²) in [5, 5.41) is 4.84. The monoisotopic (exact) mass is 341 g/mol. The van der Waals surface area contributed by atoms with Crippen LogP contribution in [0.25, 0.3) is 0 Å². The summed E-state index contributed by atoms with van der Waals surface area (Å²) >= 11 is 3.21. The van der Waals surface area contributed by atoms with Gasteiger partial charge in [-0.15, -0.1) is 0 Å². The number of nitrogens with zero attached hydrogens (tertiary/aromatic N) is 1. The molecule has 1 amide bonds. The van der Waals surface area contributed by atoms with Gasteiger partial charge in [-0.1, -0.05) is 0 Å². The highest BCUT2D eigenvalue weighted by Crippen LogP contribution is 2.21. The molecule has 2 aromatic rings. The predicted octanol–water partition coefficient (Wildman–Crippen LogP) is 3.42. The number of nitrogens with one attached hydrogen (secondary N) is 2. The topological polar surface area (TPSA) is 54.0 Å². The molecule has 2 rings (SSSR count). The normalized spacial score (nSPS) is 10.2. The average Bonchev–Trinajstić information content (AvgIpc) is 2.41. The molecule has 1 aromatic carbocycles. The van der Waals surface area contributed by atoms with Crippen molar-refractivity contribution in [3.8, 4) is 0 Å². The van der Waals surface area contributed by atoms with Crippen LogP contribution >= 0.6 is 15.9 Å². The number of hydrogen-bond donors (Lipinski definition) is 2. The maximum atomic E-state index is 13.6. The van der Waals surface area contributed by atoms with E-state index < -0.39 is 17.5 Å². The largest absolute Gasteiger partial charge is 0.383 e. The van der Waals surface area contributed by atoms with Gasteiger partial charge in [0.25, 0.3) is 5.91 Å². The number of rotatable bonds is 3. The molecule has 1 aromatic heterocycles. The van der Waals surface area contributed by atoms with E-state index in [-0.39, 0.29) is 17.1 Å². The number of pyridine rings is 1. The average molecular weight is 342 g/mol. The first-order valence-electron chi connectivity index (χ1n) is 5.61. The Balaban J connectivity index is 2.23. The number of aromatic nitrogens is 1. The van der Waals surface area contributed by atoms with Crippen molar-refractivity contribution in [3.63, 3.8) is 0 Å². The first-order valence-corrected chi connectivity index (χ1v) is 6.40. The first kappa shape index (κ1) is 14.4. The van der Waals surface area contributed by atoms with Crippen molar-refractivity contribution in [2.45, 2.75) is 0 Å². The minimum Gasteiger partial charge on any atom is -0.383 e. The minimum atomic E-state index is -0.832. The lowest BCUT2D eigenvalue weighted by atomic mass is 10.1. The van der Waals surface area contributed by atoms with Crippen molar-refractivity contribution >= 4 is 33.3 Å². The molecule has 104 valence electrons. The molecule has 0 aliphatic rings. The maximum Gasteiger partial charge on any atom is 0.257 e. The second-order valence-electron chi connectivity index (χ2n) is 3.88. The van der Waals surface area contributed by atoms with E-state index in [0.717, 1.165) is 16.6 Å². The lowest BCUT2D eigenvalue weighted by Gasteiger charge is -2.08.